The minimum atomic E-state index is -5.00. The van der Waals surface area contributed by atoms with E-state index >= 15 is 0 Å². The molecular formula is C29H21Cl2F3N8O4. The molecular weight excluding hydrogens is 652 g/mol. The first kappa shape index (κ1) is 31.1. The number of imide groups is 1. The topological polar surface area (TPSA) is 141 Å². The van der Waals surface area contributed by atoms with E-state index in [1.54, 1.807) is 25.1 Å². The van der Waals surface area contributed by atoms with E-state index in [1.807, 2.05) is 0 Å². The number of alkyl halides is 3. The zero-order valence-corrected chi connectivity index (χ0v) is 25.1. The number of aliphatic hydroxyl groups is 1. The molecule has 2 aromatic carbocycles. The van der Waals surface area contributed by atoms with Crippen molar-refractivity contribution in [3.05, 3.63) is 110 Å². The molecule has 1 aliphatic heterocycles. The zero-order chi connectivity index (χ0) is 32.9. The molecule has 2 unspecified atom stereocenters. The first-order valence-electron chi connectivity index (χ1n) is 13.6. The Morgan fingerprint density at radius 3 is 2.17 bits per heavy atom. The van der Waals surface area contributed by atoms with Crippen LogP contribution in [-0.2, 0) is 13.1 Å². The summed E-state index contributed by atoms with van der Waals surface area (Å²) >= 11 is 12.4. The molecule has 17 heteroatoms. The summed E-state index contributed by atoms with van der Waals surface area (Å²) in [5.74, 6) is -1.18. The van der Waals surface area contributed by atoms with Gasteiger partial charge in [-0.25, -0.2) is 19.4 Å². The molecule has 0 fully saturated rings. The number of rotatable bonds is 8. The maximum absolute atomic E-state index is 13.4. The molecule has 0 saturated carbocycles. The highest BCUT2D eigenvalue weighted by molar-refractivity contribution is 6.32. The molecule has 1 N–H and O–H groups in total. The van der Waals surface area contributed by atoms with Gasteiger partial charge in [0.25, 0.3) is 11.8 Å². The fourth-order valence-corrected chi connectivity index (χ4v) is 5.33. The molecule has 5 aromatic rings. The molecule has 0 aliphatic carbocycles. The third-order valence-electron chi connectivity index (χ3n) is 7.25. The molecule has 1 aliphatic rings. The maximum Gasteiger partial charge on any atom is 0.416 e. The van der Waals surface area contributed by atoms with E-state index in [0.717, 1.165) is 9.58 Å². The average molecular weight is 673 g/mol. The Balaban J connectivity index is 1.43. The van der Waals surface area contributed by atoms with Crippen molar-refractivity contribution in [2.45, 2.75) is 38.3 Å². The number of aromatic nitrogens is 7. The fourth-order valence-electron chi connectivity index (χ4n) is 5.00. The van der Waals surface area contributed by atoms with Crippen LogP contribution in [0.4, 0.5) is 13.2 Å². The fraction of sp³-hybridized carbons (Fsp3) is 0.207. The average Bonchev–Trinajstić information content (AvgIpc) is 3.65. The van der Waals surface area contributed by atoms with Gasteiger partial charge in [0, 0.05) is 16.8 Å². The predicted molar refractivity (Wildman–Crippen MR) is 158 cm³/mol. The lowest BCUT2D eigenvalue weighted by Crippen LogP contribution is -2.37. The summed E-state index contributed by atoms with van der Waals surface area (Å²) in [5, 5.41) is 19.0. The Hall–Kier alpha value is -4.86. The standard InChI is InChI=1S/C29H21Cl2F3N8O4/c1-15(41-26(44)18-5-2-3-6-19(18)27(41)45)23-36-22(37-42(23)25-20(31)7-4-12-35-25)14-40-28(46)39(13-21(43)29(32,33)34)24(38-40)16-8-10-17(30)11-9-16/h2-12,15,21,43H,13-14H2,1H3. The number of nitrogens with zero attached hydrogens (tertiary/aromatic N) is 8. The number of hydrogen-bond donors (Lipinski definition) is 1. The highest BCUT2D eigenvalue weighted by Gasteiger charge is 2.41. The van der Waals surface area contributed by atoms with E-state index in [4.69, 9.17) is 23.2 Å². The van der Waals surface area contributed by atoms with Crippen LogP contribution in [0.3, 0.4) is 0 Å². The van der Waals surface area contributed by atoms with Gasteiger partial charge in [-0.05, 0) is 55.5 Å². The van der Waals surface area contributed by atoms with Crippen molar-refractivity contribution in [1.82, 2.24) is 39.0 Å². The lowest BCUT2D eigenvalue weighted by Gasteiger charge is -2.22. The van der Waals surface area contributed by atoms with Crippen molar-refractivity contribution in [2.75, 3.05) is 0 Å². The summed E-state index contributed by atoms with van der Waals surface area (Å²) in [4.78, 5) is 49.8. The van der Waals surface area contributed by atoms with Crippen molar-refractivity contribution in [2.24, 2.45) is 0 Å². The lowest BCUT2D eigenvalue weighted by molar-refractivity contribution is -0.207. The third kappa shape index (κ3) is 5.57. The number of aliphatic hydroxyl groups excluding tert-OH is 1. The van der Waals surface area contributed by atoms with E-state index in [2.05, 4.69) is 20.2 Å². The summed E-state index contributed by atoms with van der Waals surface area (Å²) in [7, 11) is 0. The molecule has 0 bridgehead atoms. The van der Waals surface area contributed by atoms with Crippen LogP contribution in [0.1, 0.15) is 45.3 Å². The van der Waals surface area contributed by atoms with E-state index in [9.17, 15) is 32.7 Å². The second kappa shape index (κ2) is 11.8. The summed E-state index contributed by atoms with van der Waals surface area (Å²) < 4.78 is 42.6. The highest BCUT2D eigenvalue weighted by Crippen LogP contribution is 2.32. The summed E-state index contributed by atoms with van der Waals surface area (Å²) in [6.45, 7) is -0.0254. The van der Waals surface area contributed by atoms with Crippen molar-refractivity contribution < 1.29 is 27.9 Å². The van der Waals surface area contributed by atoms with Crippen LogP contribution in [0.15, 0.2) is 71.7 Å². The Kier molecular flexibility index (Phi) is 8.00. The van der Waals surface area contributed by atoms with Crippen LogP contribution in [-0.4, -0.2) is 68.2 Å². The molecule has 0 radical (unpaired) electrons. The van der Waals surface area contributed by atoms with E-state index < -0.39 is 48.9 Å². The lowest BCUT2D eigenvalue weighted by atomic mass is 10.1. The maximum atomic E-state index is 13.4. The molecule has 0 saturated heterocycles. The summed E-state index contributed by atoms with van der Waals surface area (Å²) in [6, 6.07) is 14.3. The van der Waals surface area contributed by atoms with Crippen LogP contribution < -0.4 is 5.69 Å². The smallest absolute Gasteiger partial charge is 0.382 e. The monoisotopic (exact) mass is 672 g/mol. The Labute approximate surface area is 267 Å². The van der Waals surface area contributed by atoms with Crippen LogP contribution >= 0.6 is 23.2 Å². The number of carbonyl (C=O) groups excluding carboxylic acids is 2. The molecule has 4 heterocycles. The normalized spacial score (nSPS) is 14.5. The van der Waals surface area contributed by atoms with Crippen LogP contribution in [0.5, 0.6) is 0 Å². The van der Waals surface area contributed by atoms with Gasteiger partial charge in [-0.3, -0.25) is 19.1 Å². The van der Waals surface area contributed by atoms with Crippen molar-refractivity contribution in [1.29, 1.82) is 0 Å². The largest absolute Gasteiger partial charge is 0.416 e. The van der Waals surface area contributed by atoms with E-state index in [-0.39, 0.29) is 45.0 Å². The number of benzene rings is 2. The summed E-state index contributed by atoms with van der Waals surface area (Å²) in [6.07, 6.45) is -6.42. The Bertz CT molecular complexity index is 2010. The number of halogens is 5. The molecule has 46 heavy (non-hydrogen) atoms. The van der Waals surface area contributed by atoms with Crippen molar-refractivity contribution in [3.8, 4) is 17.2 Å². The molecule has 2 amide bonds. The van der Waals surface area contributed by atoms with Gasteiger partial charge in [-0.1, -0.05) is 35.3 Å². The molecule has 2 atom stereocenters. The Morgan fingerprint density at radius 1 is 0.913 bits per heavy atom. The first-order valence-corrected chi connectivity index (χ1v) is 14.3. The van der Waals surface area contributed by atoms with Crippen LogP contribution in [0.2, 0.25) is 10.0 Å². The number of pyridine rings is 1. The first-order chi connectivity index (χ1) is 21.8. The zero-order valence-electron chi connectivity index (χ0n) is 23.6. The van der Waals surface area contributed by atoms with Gasteiger partial charge in [0.1, 0.15) is 6.54 Å². The molecule has 236 valence electrons. The Morgan fingerprint density at radius 2 is 1.57 bits per heavy atom. The van der Waals surface area contributed by atoms with E-state index in [1.165, 1.54) is 53.3 Å². The van der Waals surface area contributed by atoms with E-state index in [0.29, 0.717) is 9.59 Å². The molecule has 6 rings (SSSR count). The SMILES string of the molecule is CC(c1nc(Cn2nc(-c3ccc(Cl)cc3)n(CC(O)C(F)(F)F)c2=O)nn1-c1ncccc1Cl)N1C(=O)c2ccccc2C1=O. The van der Waals surface area contributed by atoms with Gasteiger partial charge in [0.2, 0.25) is 0 Å². The third-order valence-corrected chi connectivity index (χ3v) is 7.80. The van der Waals surface area contributed by atoms with Crippen molar-refractivity contribution in [3.63, 3.8) is 0 Å². The number of carbonyl (C=O) groups is 2. The second-order valence-electron chi connectivity index (χ2n) is 10.2. The van der Waals surface area contributed by atoms with Crippen LogP contribution in [0, 0.1) is 0 Å². The quantitative estimate of drug-likeness (QED) is 0.240. The number of amides is 2. The highest BCUT2D eigenvalue weighted by atomic mass is 35.5. The van der Waals surface area contributed by atoms with Gasteiger partial charge < -0.3 is 5.11 Å². The number of fused-ring (bicyclic) bond motifs is 1. The second-order valence-corrected chi connectivity index (χ2v) is 11.1. The van der Waals surface area contributed by atoms with Gasteiger partial charge in [0.15, 0.2) is 29.4 Å². The summed E-state index contributed by atoms with van der Waals surface area (Å²) in [5.41, 5.74) is -0.299. The number of hydrogen-bond acceptors (Lipinski definition) is 8. The molecule has 12 nitrogen and oxygen atoms in total. The van der Waals surface area contributed by atoms with Gasteiger partial charge >= 0.3 is 11.9 Å². The van der Waals surface area contributed by atoms with Crippen LogP contribution in [0.25, 0.3) is 17.2 Å². The molecule has 3 aromatic heterocycles. The van der Waals surface area contributed by atoms with Gasteiger partial charge in [-0.2, -0.15) is 17.9 Å². The molecule has 0 spiro atoms. The predicted octanol–water partition coefficient (Wildman–Crippen LogP) is 4.32. The van der Waals surface area contributed by atoms with Gasteiger partial charge in [-0.15, -0.1) is 10.2 Å². The van der Waals surface area contributed by atoms with Crippen molar-refractivity contribution >= 4 is 35.0 Å². The van der Waals surface area contributed by atoms with Gasteiger partial charge in [0.05, 0.1) is 28.7 Å². The minimum Gasteiger partial charge on any atom is -0.382 e. The minimum absolute atomic E-state index is 0.0583.